The summed E-state index contributed by atoms with van der Waals surface area (Å²) in [4.78, 5) is 19.7. The molecule has 0 spiro atoms. The maximum absolute atomic E-state index is 11.3. The fourth-order valence-corrected chi connectivity index (χ4v) is 1.69. The van der Waals surface area contributed by atoms with Crippen LogP contribution in [0.4, 0.5) is 0 Å². The highest BCUT2D eigenvalue weighted by Gasteiger charge is 2.16. The number of ether oxygens (including phenoxy) is 1. The van der Waals surface area contributed by atoms with Crippen molar-refractivity contribution in [3.8, 4) is 0 Å². The molecule has 0 amide bonds. The molecule has 5 heteroatoms. The highest BCUT2D eigenvalue weighted by Crippen LogP contribution is 2.15. The van der Waals surface area contributed by atoms with Gasteiger partial charge >= 0.3 is 5.97 Å². The molecule has 0 saturated carbocycles. The number of para-hydroxylation sites is 1. The second-order valence-electron chi connectivity index (χ2n) is 3.67. The number of hydrogen-bond acceptors (Lipinski definition) is 5. The van der Waals surface area contributed by atoms with E-state index in [0.717, 1.165) is 16.6 Å². The smallest absolute Gasteiger partial charge is 0.322 e. The Morgan fingerprint density at radius 1 is 1.41 bits per heavy atom. The third-order valence-electron chi connectivity index (χ3n) is 2.53. The molecule has 17 heavy (non-hydrogen) atoms. The Morgan fingerprint density at radius 3 is 2.94 bits per heavy atom. The van der Waals surface area contributed by atoms with E-state index < -0.39 is 12.0 Å². The summed E-state index contributed by atoms with van der Waals surface area (Å²) in [5.74, 6) is -0.425. The van der Waals surface area contributed by atoms with E-state index in [1.165, 1.54) is 7.11 Å². The summed E-state index contributed by atoms with van der Waals surface area (Å²) in [7, 11) is 1.32. The zero-order valence-corrected chi connectivity index (χ0v) is 9.46. The van der Waals surface area contributed by atoms with Gasteiger partial charge in [-0.1, -0.05) is 12.1 Å². The van der Waals surface area contributed by atoms with Crippen LogP contribution in [-0.4, -0.2) is 29.1 Å². The van der Waals surface area contributed by atoms with Crippen LogP contribution in [0, 0.1) is 0 Å². The Labute approximate surface area is 98.6 Å². The Balaban J connectivity index is 2.33. The van der Waals surface area contributed by atoms with Crippen molar-refractivity contribution in [2.75, 3.05) is 7.11 Å². The van der Waals surface area contributed by atoms with Crippen LogP contribution in [0.25, 0.3) is 11.0 Å². The standard InChI is InChI=1S/C12H13N3O2/c1-17-12(16)9(13)7-8-3-2-4-10-11(8)15-6-5-14-10/h2-6,9H,7,13H2,1H3. The molecule has 0 saturated heterocycles. The van der Waals surface area contributed by atoms with Crippen LogP contribution in [0.2, 0.25) is 0 Å². The average molecular weight is 231 g/mol. The number of fused-ring (bicyclic) bond motifs is 1. The molecule has 0 aliphatic heterocycles. The monoisotopic (exact) mass is 231 g/mol. The summed E-state index contributed by atoms with van der Waals surface area (Å²) in [6.07, 6.45) is 3.64. The molecule has 5 nitrogen and oxygen atoms in total. The number of aromatic nitrogens is 2. The number of rotatable bonds is 3. The van der Waals surface area contributed by atoms with E-state index in [4.69, 9.17) is 5.73 Å². The highest BCUT2D eigenvalue weighted by molar-refractivity contribution is 5.80. The van der Waals surface area contributed by atoms with Crippen LogP contribution in [0.1, 0.15) is 5.56 Å². The number of nitrogens with two attached hydrogens (primary N) is 1. The molecule has 2 aromatic rings. The molecule has 0 bridgehead atoms. The minimum absolute atomic E-state index is 0.392. The van der Waals surface area contributed by atoms with Crippen LogP contribution in [0.3, 0.4) is 0 Å². The van der Waals surface area contributed by atoms with Gasteiger partial charge in [0.1, 0.15) is 6.04 Å². The predicted molar refractivity (Wildman–Crippen MR) is 63.2 cm³/mol. The number of nitrogens with zero attached hydrogens (tertiary/aromatic N) is 2. The van der Waals surface area contributed by atoms with Gasteiger partial charge in [-0.15, -0.1) is 0 Å². The normalized spacial score (nSPS) is 12.4. The maximum atomic E-state index is 11.3. The number of methoxy groups -OCH3 is 1. The van der Waals surface area contributed by atoms with Gasteiger partial charge in [-0.3, -0.25) is 14.8 Å². The summed E-state index contributed by atoms with van der Waals surface area (Å²) < 4.78 is 4.60. The van der Waals surface area contributed by atoms with Crippen molar-refractivity contribution in [2.24, 2.45) is 5.73 Å². The van der Waals surface area contributed by atoms with E-state index in [1.54, 1.807) is 12.4 Å². The molecule has 88 valence electrons. The number of esters is 1. The number of carbonyl (C=O) groups excluding carboxylic acids is 1. The second kappa shape index (κ2) is 4.88. The SMILES string of the molecule is COC(=O)C(N)Cc1cccc2nccnc12. The quantitative estimate of drug-likeness (QED) is 0.785. The van der Waals surface area contributed by atoms with Crippen molar-refractivity contribution in [2.45, 2.75) is 12.5 Å². The second-order valence-corrected chi connectivity index (χ2v) is 3.67. The third-order valence-corrected chi connectivity index (χ3v) is 2.53. The molecule has 0 aliphatic carbocycles. The number of benzene rings is 1. The van der Waals surface area contributed by atoms with Crippen molar-refractivity contribution in [1.82, 2.24) is 9.97 Å². The van der Waals surface area contributed by atoms with Gasteiger partial charge in [0.15, 0.2) is 0 Å². The molecule has 1 aromatic carbocycles. The lowest BCUT2D eigenvalue weighted by Crippen LogP contribution is -2.33. The van der Waals surface area contributed by atoms with Crippen LogP contribution in [-0.2, 0) is 16.0 Å². The summed E-state index contributed by atoms with van der Waals surface area (Å²) in [6.45, 7) is 0. The molecular weight excluding hydrogens is 218 g/mol. The first-order valence-corrected chi connectivity index (χ1v) is 5.24. The molecule has 0 radical (unpaired) electrons. The highest BCUT2D eigenvalue weighted by atomic mass is 16.5. The van der Waals surface area contributed by atoms with Gasteiger partial charge in [-0.05, 0) is 11.6 Å². The van der Waals surface area contributed by atoms with Gasteiger partial charge < -0.3 is 10.5 Å². The lowest BCUT2D eigenvalue weighted by Gasteiger charge is -2.10. The number of hydrogen-bond donors (Lipinski definition) is 1. The zero-order chi connectivity index (χ0) is 12.3. The largest absolute Gasteiger partial charge is 0.468 e. The molecule has 1 unspecified atom stereocenters. The molecule has 2 N–H and O–H groups in total. The summed E-state index contributed by atoms with van der Waals surface area (Å²) in [5, 5.41) is 0. The average Bonchev–Trinajstić information content (AvgIpc) is 2.38. The van der Waals surface area contributed by atoms with E-state index in [-0.39, 0.29) is 0 Å². The molecule has 1 aromatic heterocycles. The molecule has 0 fully saturated rings. The third kappa shape index (κ3) is 2.39. The van der Waals surface area contributed by atoms with Gasteiger partial charge in [0.05, 0.1) is 18.1 Å². The van der Waals surface area contributed by atoms with Crippen LogP contribution < -0.4 is 5.73 Å². The van der Waals surface area contributed by atoms with Gasteiger partial charge in [0.2, 0.25) is 0 Å². The topological polar surface area (TPSA) is 78.1 Å². The Kier molecular flexibility index (Phi) is 3.30. The minimum atomic E-state index is -0.674. The van der Waals surface area contributed by atoms with E-state index in [9.17, 15) is 4.79 Å². The van der Waals surface area contributed by atoms with Crippen LogP contribution >= 0.6 is 0 Å². The predicted octanol–water partition coefficient (Wildman–Crippen LogP) is 0.673. The lowest BCUT2D eigenvalue weighted by molar-refractivity contribution is -0.142. The van der Waals surface area contributed by atoms with Gasteiger partial charge in [0.25, 0.3) is 0 Å². The van der Waals surface area contributed by atoms with Gasteiger partial charge in [-0.2, -0.15) is 0 Å². The van der Waals surface area contributed by atoms with Crippen molar-refractivity contribution >= 4 is 17.0 Å². The summed E-state index contributed by atoms with van der Waals surface area (Å²) in [5.41, 5.74) is 8.19. The first kappa shape index (κ1) is 11.5. The van der Waals surface area contributed by atoms with E-state index in [0.29, 0.717) is 6.42 Å². The molecule has 2 rings (SSSR count). The Hall–Kier alpha value is -2.01. The fourth-order valence-electron chi connectivity index (χ4n) is 1.69. The lowest BCUT2D eigenvalue weighted by atomic mass is 10.0. The first-order valence-electron chi connectivity index (χ1n) is 5.24. The zero-order valence-electron chi connectivity index (χ0n) is 9.46. The first-order chi connectivity index (χ1) is 8.22. The summed E-state index contributed by atoms with van der Waals surface area (Å²) in [6, 6.07) is 4.96. The van der Waals surface area contributed by atoms with Crippen molar-refractivity contribution < 1.29 is 9.53 Å². The molecule has 0 aliphatic rings. The Bertz CT molecular complexity index is 537. The molecule has 1 atom stereocenters. The van der Waals surface area contributed by atoms with Crippen molar-refractivity contribution in [1.29, 1.82) is 0 Å². The van der Waals surface area contributed by atoms with Crippen LogP contribution in [0.5, 0.6) is 0 Å². The Morgan fingerprint density at radius 2 is 2.18 bits per heavy atom. The fraction of sp³-hybridized carbons (Fsp3) is 0.250. The number of carbonyl (C=O) groups is 1. The maximum Gasteiger partial charge on any atom is 0.322 e. The van der Waals surface area contributed by atoms with E-state index in [2.05, 4.69) is 14.7 Å². The molecule has 1 heterocycles. The van der Waals surface area contributed by atoms with Gasteiger partial charge in [-0.25, -0.2) is 0 Å². The summed E-state index contributed by atoms with van der Waals surface area (Å²) >= 11 is 0. The molecular formula is C12H13N3O2. The van der Waals surface area contributed by atoms with Crippen molar-refractivity contribution in [3.05, 3.63) is 36.2 Å². The van der Waals surface area contributed by atoms with Crippen molar-refractivity contribution in [3.63, 3.8) is 0 Å². The van der Waals surface area contributed by atoms with E-state index >= 15 is 0 Å². The minimum Gasteiger partial charge on any atom is -0.468 e. The van der Waals surface area contributed by atoms with Gasteiger partial charge in [0, 0.05) is 18.8 Å². The van der Waals surface area contributed by atoms with Crippen LogP contribution in [0.15, 0.2) is 30.6 Å². The van der Waals surface area contributed by atoms with E-state index in [1.807, 2.05) is 18.2 Å².